The molecule has 2 aromatic rings. The quantitative estimate of drug-likeness (QED) is 0.616. The summed E-state index contributed by atoms with van der Waals surface area (Å²) in [5, 5.41) is 8.90. The molecule has 0 aliphatic carbocycles. The molecular weight excluding hydrogens is 250 g/mol. The number of nitriles is 1. The maximum absolute atomic E-state index is 8.90. The molecule has 3 rings (SSSR count). The Bertz CT molecular complexity index is 681. The largest absolute Gasteiger partial charge is 0.459 e. The molecule has 4 nitrogen and oxygen atoms in total. The van der Waals surface area contributed by atoms with E-state index in [1.807, 2.05) is 24.3 Å². The molecule has 0 fully saturated rings. The highest BCUT2D eigenvalue weighted by Gasteiger charge is 2.25. The van der Waals surface area contributed by atoms with E-state index in [2.05, 4.69) is 22.2 Å². The molecule has 0 saturated carbocycles. The van der Waals surface area contributed by atoms with Gasteiger partial charge >= 0.3 is 0 Å². The summed E-state index contributed by atoms with van der Waals surface area (Å²) in [6, 6.07) is 8.41. The third-order valence-electron chi connectivity index (χ3n) is 3.68. The predicted molar refractivity (Wildman–Crippen MR) is 77.5 cm³/mol. The highest BCUT2D eigenvalue weighted by atomic mass is 16.5. The molecule has 102 valence electrons. The molecule has 2 heterocycles. The van der Waals surface area contributed by atoms with Crippen LogP contribution in [0.2, 0.25) is 0 Å². The number of fused-ring (bicyclic) bond motifs is 3. The minimum absolute atomic E-state index is 0.224. The average Bonchev–Trinajstić information content (AvgIpc) is 2.99. The van der Waals surface area contributed by atoms with Crippen LogP contribution in [0.1, 0.15) is 31.2 Å². The summed E-state index contributed by atoms with van der Waals surface area (Å²) in [6.45, 7) is 4.59. The fourth-order valence-electron chi connectivity index (χ4n) is 2.64. The molecule has 0 radical (unpaired) electrons. The molecule has 1 aliphatic heterocycles. The molecule has 0 unspecified atom stereocenters. The number of aromatic nitrogens is 2. The number of nitrogens with zero attached hydrogens (tertiary/aromatic N) is 3. The van der Waals surface area contributed by atoms with Gasteiger partial charge in [0.1, 0.15) is 6.10 Å². The van der Waals surface area contributed by atoms with Crippen molar-refractivity contribution >= 4 is 11.0 Å². The van der Waals surface area contributed by atoms with E-state index in [-0.39, 0.29) is 6.10 Å². The summed E-state index contributed by atoms with van der Waals surface area (Å²) in [5.74, 6) is 0. The summed E-state index contributed by atoms with van der Waals surface area (Å²) < 4.78 is 7.99. The molecule has 0 bridgehead atoms. The number of hydrogen-bond acceptors (Lipinski definition) is 3. The lowest BCUT2D eigenvalue weighted by Gasteiger charge is -2.08. The summed E-state index contributed by atoms with van der Waals surface area (Å²) in [6.07, 6.45) is 6.62. The Kier molecular flexibility index (Phi) is 3.42. The topological polar surface area (TPSA) is 50.8 Å². The molecule has 1 atom stereocenters. The monoisotopic (exact) mass is 267 g/mol. The third kappa shape index (κ3) is 2.27. The van der Waals surface area contributed by atoms with Crippen molar-refractivity contribution < 1.29 is 4.74 Å². The smallest absolute Gasteiger partial charge is 0.297 e. The summed E-state index contributed by atoms with van der Waals surface area (Å²) in [7, 11) is 0. The molecular formula is C16H17N3O. The van der Waals surface area contributed by atoms with Crippen molar-refractivity contribution in [2.75, 3.05) is 0 Å². The van der Waals surface area contributed by atoms with E-state index in [1.54, 1.807) is 0 Å². The van der Waals surface area contributed by atoms with Crippen molar-refractivity contribution in [3.63, 3.8) is 0 Å². The van der Waals surface area contributed by atoms with Gasteiger partial charge in [0.2, 0.25) is 0 Å². The molecule has 0 saturated heterocycles. The Morgan fingerprint density at radius 3 is 3.20 bits per heavy atom. The minimum Gasteiger partial charge on any atom is -0.459 e. The normalized spacial score (nSPS) is 16.6. The lowest BCUT2D eigenvalue weighted by atomic mass is 10.1. The Labute approximate surface area is 118 Å². The highest BCUT2D eigenvalue weighted by molar-refractivity contribution is 5.78. The van der Waals surface area contributed by atoms with E-state index < -0.39 is 0 Å². The van der Waals surface area contributed by atoms with Crippen molar-refractivity contribution in [3.8, 4) is 12.1 Å². The Morgan fingerprint density at radius 2 is 2.40 bits per heavy atom. The zero-order chi connectivity index (χ0) is 13.9. The maximum Gasteiger partial charge on any atom is 0.297 e. The van der Waals surface area contributed by atoms with Gasteiger partial charge in [-0.3, -0.25) is 4.57 Å². The number of allylic oxidation sites excluding steroid dienone is 1. The summed E-state index contributed by atoms with van der Waals surface area (Å²) >= 11 is 0. The number of unbranched alkanes of at least 4 members (excludes halogenated alkanes) is 2. The first-order valence-electron chi connectivity index (χ1n) is 7.00. The molecule has 1 aromatic carbocycles. The van der Waals surface area contributed by atoms with E-state index in [0.29, 0.717) is 11.6 Å². The van der Waals surface area contributed by atoms with Gasteiger partial charge in [0, 0.05) is 0 Å². The van der Waals surface area contributed by atoms with E-state index >= 15 is 0 Å². The second kappa shape index (κ2) is 5.38. The van der Waals surface area contributed by atoms with Crippen LogP contribution in [0.3, 0.4) is 0 Å². The van der Waals surface area contributed by atoms with Crippen molar-refractivity contribution in [1.29, 1.82) is 5.26 Å². The van der Waals surface area contributed by atoms with E-state index in [0.717, 1.165) is 43.3 Å². The average molecular weight is 267 g/mol. The lowest BCUT2D eigenvalue weighted by Crippen LogP contribution is -2.14. The SMILES string of the molecule is C=CCCCC[C@@H]1Cn2c(nc3cc(C#N)ccc32)O1. The third-order valence-corrected chi connectivity index (χ3v) is 3.68. The van der Waals surface area contributed by atoms with E-state index in [4.69, 9.17) is 10.00 Å². The van der Waals surface area contributed by atoms with Crippen LogP contribution in [-0.4, -0.2) is 15.7 Å². The van der Waals surface area contributed by atoms with Gasteiger partial charge in [0.15, 0.2) is 0 Å². The lowest BCUT2D eigenvalue weighted by molar-refractivity contribution is 0.210. The Hall–Kier alpha value is -2.28. The maximum atomic E-state index is 8.90. The van der Waals surface area contributed by atoms with Crippen LogP contribution in [0, 0.1) is 11.3 Å². The molecule has 20 heavy (non-hydrogen) atoms. The first-order valence-corrected chi connectivity index (χ1v) is 7.00. The van der Waals surface area contributed by atoms with Crippen LogP contribution in [0.4, 0.5) is 0 Å². The first-order chi connectivity index (χ1) is 9.81. The van der Waals surface area contributed by atoms with Crippen LogP contribution in [-0.2, 0) is 6.54 Å². The van der Waals surface area contributed by atoms with Gasteiger partial charge < -0.3 is 4.74 Å². The van der Waals surface area contributed by atoms with Crippen LogP contribution in [0.5, 0.6) is 6.01 Å². The van der Waals surface area contributed by atoms with Gasteiger partial charge in [-0.05, 0) is 43.9 Å². The molecule has 1 aliphatic rings. The molecule has 0 N–H and O–H groups in total. The second-order valence-electron chi connectivity index (χ2n) is 5.13. The van der Waals surface area contributed by atoms with Crippen LogP contribution >= 0.6 is 0 Å². The molecule has 1 aromatic heterocycles. The Balaban J connectivity index is 1.72. The standard InChI is InChI=1S/C16H17N3O/c1-2-3-4-5-6-13-11-19-15-8-7-12(10-17)9-14(15)18-16(19)20-13/h2,7-9,13H,1,3-6,11H2/t13-/m1/s1. The number of ether oxygens (including phenoxy) is 1. The fourth-order valence-corrected chi connectivity index (χ4v) is 2.64. The van der Waals surface area contributed by atoms with Gasteiger partial charge in [-0.1, -0.05) is 6.08 Å². The van der Waals surface area contributed by atoms with Crippen molar-refractivity contribution in [2.45, 2.75) is 38.3 Å². The fraction of sp³-hybridized carbons (Fsp3) is 0.375. The predicted octanol–water partition coefficient (Wildman–Crippen LogP) is 3.42. The second-order valence-corrected chi connectivity index (χ2v) is 5.13. The minimum atomic E-state index is 0.224. The van der Waals surface area contributed by atoms with Gasteiger partial charge in [-0.15, -0.1) is 6.58 Å². The Morgan fingerprint density at radius 1 is 1.50 bits per heavy atom. The van der Waals surface area contributed by atoms with Gasteiger partial charge in [-0.25, -0.2) is 0 Å². The summed E-state index contributed by atoms with van der Waals surface area (Å²) in [5.41, 5.74) is 2.52. The zero-order valence-corrected chi connectivity index (χ0v) is 11.4. The van der Waals surface area contributed by atoms with Crippen LogP contribution in [0.15, 0.2) is 30.9 Å². The van der Waals surface area contributed by atoms with E-state index in [1.165, 1.54) is 0 Å². The number of imidazole rings is 1. The summed E-state index contributed by atoms with van der Waals surface area (Å²) in [4.78, 5) is 4.47. The van der Waals surface area contributed by atoms with Crippen LogP contribution in [0.25, 0.3) is 11.0 Å². The van der Waals surface area contributed by atoms with Gasteiger partial charge in [-0.2, -0.15) is 10.2 Å². The van der Waals surface area contributed by atoms with Crippen LogP contribution < -0.4 is 4.74 Å². The van der Waals surface area contributed by atoms with Crippen molar-refractivity contribution in [3.05, 3.63) is 36.4 Å². The van der Waals surface area contributed by atoms with Gasteiger partial charge in [0.05, 0.1) is 29.2 Å². The highest BCUT2D eigenvalue weighted by Crippen LogP contribution is 2.29. The first kappa shape index (κ1) is 12.7. The molecule has 0 spiro atoms. The van der Waals surface area contributed by atoms with E-state index in [9.17, 15) is 0 Å². The molecule has 0 amide bonds. The number of hydrogen-bond donors (Lipinski definition) is 0. The van der Waals surface area contributed by atoms with Crippen molar-refractivity contribution in [1.82, 2.24) is 9.55 Å². The number of benzene rings is 1. The molecule has 4 heteroatoms. The zero-order valence-electron chi connectivity index (χ0n) is 11.4. The number of rotatable bonds is 5. The van der Waals surface area contributed by atoms with Gasteiger partial charge in [0.25, 0.3) is 6.01 Å². The van der Waals surface area contributed by atoms with Crippen molar-refractivity contribution in [2.24, 2.45) is 0 Å².